The third-order valence-corrected chi connectivity index (χ3v) is 3.37. The van der Waals surface area contributed by atoms with E-state index in [9.17, 15) is 9.50 Å². The molecule has 0 radical (unpaired) electrons. The first-order chi connectivity index (χ1) is 8.16. The molecule has 1 aliphatic carbocycles. The van der Waals surface area contributed by atoms with Crippen molar-refractivity contribution in [2.45, 2.75) is 38.7 Å². The topological polar surface area (TPSA) is 29.5 Å². The van der Waals surface area contributed by atoms with E-state index in [1.807, 2.05) is 0 Å². The zero-order valence-electron chi connectivity index (χ0n) is 10.2. The third-order valence-electron chi connectivity index (χ3n) is 3.37. The molecule has 0 bridgehead atoms. The molecule has 1 aromatic rings. The van der Waals surface area contributed by atoms with E-state index >= 15 is 0 Å². The van der Waals surface area contributed by atoms with Crippen molar-refractivity contribution >= 4 is 0 Å². The molecule has 1 N–H and O–H groups in total. The average molecular weight is 238 g/mol. The minimum Gasteiger partial charge on any atom is -0.493 e. The van der Waals surface area contributed by atoms with Gasteiger partial charge in [-0.2, -0.15) is 0 Å². The highest BCUT2D eigenvalue weighted by Gasteiger charge is 2.17. The van der Waals surface area contributed by atoms with Crippen molar-refractivity contribution in [3.8, 4) is 5.75 Å². The number of rotatable bonds is 4. The van der Waals surface area contributed by atoms with E-state index in [2.05, 4.69) is 0 Å². The molecule has 0 aliphatic heterocycles. The molecule has 94 valence electrons. The zero-order valence-corrected chi connectivity index (χ0v) is 10.2. The first-order valence-electron chi connectivity index (χ1n) is 6.27. The average Bonchev–Trinajstić information content (AvgIpc) is 2.78. The second-order valence-corrected chi connectivity index (χ2v) is 4.82. The predicted molar refractivity (Wildman–Crippen MR) is 64.5 cm³/mol. The standard InChI is InChI=1S/C14H19FO2/c1-10(16)13-7-6-12(15)8-14(13)17-9-11-4-2-3-5-11/h6-8,10-11,16H,2-5,9H2,1H3/t10-/m1/s1. The van der Waals surface area contributed by atoms with Crippen LogP contribution in [0.1, 0.15) is 44.3 Å². The van der Waals surface area contributed by atoms with Crippen LogP contribution in [0.4, 0.5) is 4.39 Å². The van der Waals surface area contributed by atoms with Crippen LogP contribution in [0, 0.1) is 11.7 Å². The number of halogens is 1. The van der Waals surface area contributed by atoms with Gasteiger partial charge >= 0.3 is 0 Å². The summed E-state index contributed by atoms with van der Waals surface area (Å²) in [5.74, 6) is 0.739. The van der Waals surface area contributed by atoms with Gasteiger partial charge in [0.15, 0.2) is 0 Å². The monoisotopic (exact) mass is 238 g/mol. The van der Waals surface area contributed by atoms with Crippen LogP contribution in [0.25, 0.3) is 0 Å². The Morgan fingerprint density at radius 1 is 1.41 bits per heavy atom. The number of aliphatic hydroxyl groups excluding tert-OH is 1. The zero-order chi connectivity index (χ0) is 12.3. The van der Waals surface area contributed by atoms with Crippen LogP contribution in [0.3, 0.4) is 0 Å². The first-order valence-corrected chi connectivity index (χ1v) is 6.27. The van der Waals surface area contributed by atoms with Gasteiger partial charge in [-0.15, -0.1) is 0 Å². The van der Waals surface area contributed by atoms with Crippen LogP contribution in [-0.2, 0) is 0 Å². The molecule has 1 saturated carbocycles. The van der Waals surface area contributed by atoms with E-state index in [0.717, 1.165) is 0 Å². The lowest BCUT2D eigenvalue weighted by molar-refractivity contribution is 0.186. The smallest absolute Gasteiger partial charge is 0.128 e. The molecule has 2 rings (SSSR count). The Morgan fingerprint density at radius 3 is 2.76 bits per heavy atom. The second-order valence-electron chi connectivity index (χ2n) is 4.82. The summed E-state index contributed by atoms with van der Waals surface area (Å²) in [6.45, 7) is 2.29. The summed E-state index contributed by atoms with van der Waals surface area (Å²) in [7, 11) is 0. The van der Waals surface area contributed by atoms with E-state index in [1.54, 1.807) is 13.0 Å². The van der Waals surface area contributed by atoms with Crippen LogP contribution in [0.2, 0.25) is 0 Å². The number of benzene rings is 1. The summed E-state index contributed by atoms with van der Waals surface area (Å²) in [5.41, 5.74) is 0.657. The van der Waals surface area contributed by atoms with Gasteiger partial charge in [0.2, 0.25) is 0 Å². The van der Waals surface area contributed by atoms with Crippen LogP contribution in [0.5, 0.6) is 5.75 Å². The predicted octanol–water partition coefficient (Wildman–Crippen LogP) is 3.45. The fourth-order valence-electron chi connectivity index (χ4n) is 2.36. The maximum absolute atomic E-state index is 13.1. The molecule has 3 heteroatoms. The largest absolute Gasteiger partial charge is 0.493 e. The van der Waals surface area contributed by atoms with Gasteiger partial charge in [0, 0.05) is 11.6 Å². The molecular formula is C14H19FO2. The molecule has 0 saturated heterocycles. The molecule has 0 amide bonds. The molecule has 1 fully saturated rings. The van der Waals surface area contributed by atoms with Gasteiger partial charge in [-0.1, -0.05) is 12.8 Å². The molecule has 17 heavy (non-hydrogen) atoms. The Hall–Kier alpha value is -1.09. The minimum absolute atomic E-state index is 0.323. The van der Waals surface area contributed by atoms with Crippen molar-refractivity contribution in [1.29, 1.82) is 0 Å². The molecule has 0 unspecified atom stereocenters. The Balaban J connectivity index is 2.04. The first kappa shape index (κ1) is 12.4. The molecular weight excluding hydrogens is 219 g/mol. The normalized spacial score (nSPS) is 18.3. The highest BCUT2D eigenvalue weighted by Crippen LogP contribution is 2.29. The summed E-state index contributed by atoms with van der Waals surface area (Å²) in [6, 6.07) is 4.30. The molecule has 0 spiro atoms. The van der Waals surface area contributed by atoms with Gasteiger partial charge in [-0.25, -0.2) is 4.39 Å². The van der Waals surface area contributed by atoms with Crippen molar-refractivity contribution in [2.75, 3.05) is 6.61 Å². The maximum Gasteiger partial charge on any atom is 0.128 e. The lowest BCUT2D eigenvalue weighted by Gasteiger charge is -2.16. The van der Waals surface area contributed by atoms with Crippen molar-refractivity contribution in [3.05, 3.63) is 29.6 Å². The number of aliphatic hydroxyl groups is 1. The Morgan fingerprint density at radius 2 is 2.12 bits per heavy atom. The lowest BCUT2D eigenvalue weighted by atomic mass is 10.1. The van der Waals surface area contributed by atoms with Crippen LogP contribution < -0.4 is 4.74 Å². The van der Waals surface area contributed by atoms with Crippen molar-refractivity contribution < 1.29 is 14.2 Å². The molecule has 0 aromatic heterocycles. The Bertz CT molecular complexity index is 370. The Kier molecular flexibility index (Phi) is 4.00. The third kappa shape index (κ3) is 3.19. The van der Waals surface area contributed by atoms with Gasteiger partial charge < -0.3 is 9.84 Å². The van der Waals surface area contributed by atoms with E-state index in [0.29, 0.717) is 23.8 Å². The van der Waals surface area contributed by atoms with Crippen LogP contribution >= 0.6 is 0 Å². The highest BCUT2D eigenvalue weighted by molar-refractivity contribution is 5.35. The van der Waals surface area contributed by atoms with Gasteiger partial charge in [-0.05, 0) is 37.8 Å². The van der Waals surface area contributed by atoms with E-state index in [-0.39, 0.29) is 5.82 Å². The summed E-state index contributed by atoms with van der Waals surface area (Å²) < 4.78 is 18.8. The molecule has 0 heterocycles. The molecule has 1 aromatic carbocycles. The van der Waals surface area contributed by atoms with Gasteiger partial charge in [0.1, 0.15) is 11.6 Å². The van der Waals surface area contributed by atoms with Crippen LogP contribution in [-0.4, -0.2) is 11.7 Å². The van der Waals surface area contributed by atoms with E-state index in [4.69, 9.17) is 4.74 Å². The summed E-state index contributed by atoms with van der Waals surface area (Å²) >= 11 is 0. The van der Waals surface area contributed by atoms with Crippen molar-refractivity contribution in [3.63, 3.8) is 0 Å². The fourth-order valence-corrected chi connectivity index (χ4v) is 2.36. The van der Waals surface area contributed by atoms with Gasteiger partial charge in [-0.3, -0.25) is 0 Å². The number of hydrogen-bond donors (Lipinski definition) is 1. The Labute approximate surface area is 101 Å². The highest BCUT2D eigenvalue weighted by atomic mass is 19.1. The summed E-state index contributed by atoms with van der Waals surface area (Å²) in [5, 5.41) is 9.58. The maximum atomic E-state index is 13.1. The number of hydrogen-bond acceptors (Lipinski definition) is 2. The molecule has 1 atom stereocenters. The quantitative estimate of drug-likeness (QED) is 0.870. The second kappa shape index (κ2) is 5.50. The van der Waals surface area contributed by atoms with E-state index < -0.39 is 6.10 Å². The summed E-state index contributed by atoms with van der Waals surface area (Å²) in [6.07, 6.45) is 4.29. The number of ether oxygens (including phenoxy) is 1. The summed E-state index contributed by atoms with van der Waals surface area (Å²) in [4.78, 5) is 0. The lowest BCUT2D eigenvalue weighted by Crippen LogP contribution is -2.10. The fraction of sp³-hybridized carbons (Fsp3) is 0.571. The van der Waals surface area contributed by atoms with Crippen molar-refractivity contribution in [2.24, 2.45) is 5.92 Å². The molecule has 2 nitrogen and oxygen atoms in total. The van der Waals surface area contributed by atoms with Crippen molar-refractivity contribution in [1.82, 2.24) is 0 Å². The van der Waals surface area contributed by atoms with Gasteiger partial charge in [0.25, 0.3) is 0 Å². The minimum atomic E-state index is -0.630. The SMILES string of the molecule is C[C@@H](O)c1ccc(F)cc1OCC1CCCC1. The van der Waals surface area contributed by atoms with Crippen LogP contribution in [0.15, 0.2) is 18.2 Å². The van der Waals surface area contributed by atoms with E-state index in [1.165, 1.54) is 37.8 Å². The molecule has 1 aliphatic rings. The van der Waals surface area contributed by atoms with Gasteiger partial charge in [0.05, 0.1) is 12.7 Å².